The predicted octanol–water partition coefficient (Wildman–Crippen LogP) is 1.78. The predicted molar refractivity (Wildman–Crippen MR) is 64.8 cm³/mol. The van der Waals surface area contributed by atoms with Crippen LogP contribution in [-0.4, -0.2) is 25.0 Å². The van der Waals surface area contributed by atoms with Gasteiger partial charge in [0.05, 0.1) is 6.54 Å². The maximum absolute atomic E-state index is 11.3. The first-order valence-corrected chi connectivity index (χ1v) is 5.73. The Bertz CT molecular complexity index is 194. The van der Waals surface area contributed by atoms with Gasteiger partial charge in [0.2, 0.25) is 5.91 Å². The van der Waals surface area contributed by atoms with E-state index in [1.807, 2.05) is 13.8 Å². The van der Waals surface area contributed by atoms with Crippen LogP contribution < -0.4 is 10.6 Å². The van der Waals surface area contributed by atoms with Crippen molar-refractivity contribution in [2.45, 2.75) is 47.6 Å². The second-order valence-corrected chi connectivity index (χ2v) is 5.62. The minimum atomic E-state index is 0.0751. The average Bonchev–Trinajstić information content (AvgIpc) is 2.00. The largest absolute Gasteiger partial charge is 0.353 e. The molecule has 2 N–H and O–H groups in total. The Balaban J connectivity index is 3.67. The zero-order chi connectivity index (χ0) is 12.1. The van der Waals surface area contributed by atoms with Gasteiger partial charge in [-0.25, -0.2) is 0 Å². The van der Waals surface area contributed by atoms with Crippen LogP contribution in [0.4, 0.5) is 0 Å². The van der Waals surface area contributed by atoms with E-state index in [-0.39, 0.29) is 11.9 Å². The molecule has 0 fully saturated rings. The van der Waals surface area contributed by atoms with Crippen molar-refractivity contribution >= 4 is 5.91 Å². The van der Waals surface area contributed by atoms with Crippen LogP contribution in [-0.2, 0) is 4.79 Å². The van der Waals surface area contributed by atoms with Gasteiger partial charge in [0.1, 0.15) is 0 Å². The van der Waals surface area contributed by atoms with E-state index in [2.05, 4.69) is 38.3 Å². The highest BCUT2D eigenvalue weighted by atomic mass is 16.1. The molecule has 90 valence electrons. The molecular formula is C12H26N2O. The quantitative estimate of drug-likeness (QED) is 0.732. The van der Waals surface area contributed by atoms with E-state index in [0.717, 1.165) is 6.54 Å². The van der Waals surface area contributed by atoms with E-state index < -0.39 is 0 Å². The smallest absolute Gasteiger partial charge is 0.234 e. The monoisotopic (exact) mass is 214 g/mol. The fourth-order valence-corrected chi connectivity index (χ4v) is 1.08. The summed E-state index contributed by atoms with van der Waals surface area (Å²) in [7, 11) is 0. The molecule has 0 radical (unpaired) electrons. The van der Waals surface area contributed by atoms with Crippen LogP contribution in [0.15, 0.2) is 0 Å². The fraction of sp³-hybridized carbons (Fsp3) is 0.917. The molecular weight excluding hydrogens is 188 g/mol. The Hall–Kier alpha value is -0.570. The third-order valence-corrected chi connectivity index (χ3v) is 2.66. The Morgan fingerprint density at radius 3 is 2.13 bits per heavy atom. The molecule has 0 rings (SSSR count). The second kappa shape index (κ2) is 6.11. The van der Waals surface area contributed by atoms with Gasteiger partial charge in [-0.2, -0.15) is 0 Å². The van der Waals surface area contributed by atoms with Crippen molar-refractivity contribution in [3.63, 3.8) is 0 Å². The number of nitrogens with one attached hydrogen (secondary N) is 2. The summed E-state index contributed by atoms with van der Waals surface area (Å²) in [5, 5.41) is 6.04. The van der Waals surface area contributed by atoms with Crippen molar-refractivity contribution in [2.24, 2.45) is 11.3 Å². The van der Waals surface area contributed by atoms with Crippen LogP contribution in [0, 0.1) is 11.3 Å². The summed E-state index contributed by atoms with van der Waals surface area (Å²) in [5.74, 6) is 0.635. The van der Waals surface area contributed by atoms with Crippen LogP contribution in [0.1, 0.15) is 41.5 Å². The Kier molecular flexibility index (Phi) is 5.88. The van der Waals surface area contributed by atoms with Crippen LogP contribution in [0.2, 0.25) is 0 Å². The van der Waals surface area contributed by atoms with Gasteiger partial charge in [-0.3, -0.25) is 4.79 Å². The van der Waals surface area contributed by atoms with E-state index in [4.69, 9.17) is 0 Å². The van der Waals surface area contributed by atoms with Gasteiger partial charge in [0, 0.05) is 6.04 Å². The topological polar surface area (TPSA) is 41.1 Å². The summed E-state index contributed by atoms with van der Waals surface area (Å²) in [6.45, 7) is 14.1. The van der Waals surface area contributed by atoms with Crippen LogP contribution >= 0.6 is 0 Å². The lowest BCUT2D eigenvalue weighted by Gasteiger charge is -2.27. The summed E-state index contributed by atoms with van der Waals surface area (Å²) in [6.07, 6.45) is 0. The van der Waals surface area contributed by atoms with Crippen LogP contribution in [0.25, 0.3) is 0 Å². The standard InChI is InChI=1S/C12H26N2O/c1-9(2)14-11(15)8-13-7-10(3)12(4,5)6/h9-10,13H,7-8H2,1-6H3,(H,14,15). The minimum absolute atomic E-state index is 0.0751. The molecule has 0 bridgehead atoms. The van der Waals surface area contributed by atoms with Crippen molar-refractivity contribution in [3.05, 3.63) is 0 Å². The number of carbonyl (C=O) groups excluding carboxylic acids is 1. The molecule has 3 heteroatoms. The van der Waals surface area contributed by atoms with E-state index in [1.54, 1.807) is 0 Å². The van der Waals surface area contributed by atoms with Gasteiger partial charge in [-0.1, -0.05) is 27.7 Å². The van der Waals surface area contributed by atoms with Gasteiger partial charge in [-0.15, -0.1) is 0 Å². The fourth-order valence-electron chi connectivity index (χ4n) is 1.08. The lowest BCUT2D eigenvalue weighted by Crippen LogP contribution is -2.40. The zero-order valence-corrected chi connectivity index (χ0v) is 11.0. The highest BCUT2D eigenvalue weighted by molar-refractivity contribution is 5.78. The number of rotatable bonds is 5. The molecule has 1 amide bonds. The van der Waals surface area contributed by atoms with Crippen LogP contribution in [0.5, 0.6) is 0 Å². The molecule has 0 aliphatic carbocycles. The first kappa shape index (κ1) is 14.4. The third kappa shape index (κ3) is 7.37. The third-order valence-electron chi connectivity index (χ3n) is 2.66. The van der Waals surface area contributed by atoms with Gasteiger partial charge in [0.25, 0.3) is 0 Å². The van der Waals surface area contributed by atoms with E-state index in [9.17, 15) is 4.79 Å². The molecule has 0 saturated carbocycles. The van der Waals surface area contributed by atoms with Crippen molar-refractivity contribution in [2.75, 3.05) is 13.1 Å². The van der Waals surface area contributed by atoms with Gasteiger partial charge in [0.15, 0.2) is 0 Å². The summed E-state index contributed by atoms with van der Waals surface area (Å²) in [6, 6.07) is 0.222. The molecule has 15 heavy (non-hydrogen) atoms. The van der Waals surface area contributed by atoms with Gasteiger partial charge in [-0.05, 0) is 31.7 Å². The molecule has 0 aliphatic rings. The Labute approximate surface area is 94.0 Å². The lowest BCUT2D eigenvalue weighted by molar-refractivity contribution is -0.120. The Morgan fingerprint density at radius 1 is 1.20 bits per heavy atom. The van der Waals surface area contributed by atoms with E-state index in [0.29, 0.717) is 17.9 Å². The molecule has 0 heterocycles. The maximum atomic E-state index is 11.3. The van der Waals surface area contributed by atoms with Gasteiger partial charge < -0.3 is 10.6 Å². The zero-order valence-electron chi connectivity index (χ0n) is 11.0. The summed E-state index contributed by atoms with van der Waals surface area (Å²) in [5.41, 5.74) is 0.293. The normalized spacial score (nSPS) is 14.1. The highest BCUT2D eigenvalue weighted by Gasteiger charge is 2.19. The average molecular weight is 214 g/mol. The van der Waals surface area contributed by atoms with Crippen molar-refractivity contribution in [3.8, 4) is 0 Å². The lowest BCUT2D eigenvalue weighted by atomic mass is 9.82. The van der Waals surface area contributed by atoms with Crippen molar-refractivity contribution in [1.82, 2.24) is 10.6 Å². The first-order chi connectivity index (χ1) is 6.73. The summed E-state index contributed by atoms with van der Waals surface area (Å²) < 4.78 is 0. The highest BCUT2D eigenvalue weighted by Crippen LogP contribution is 2.24. The van der Waals surface area contributed by atoms with Crippen molar-refractivity contribution < 1.29 is 4.79 Å². The SMILES string of the molecule is CC(C)NC(=O)CNCC(C)C(C)(C)C. The summed E-state index contributed by atoms with van der Waals surface area (Å²) >= 11 is 0. The second-order valence-electron chi connectivity index (χ2n) is 5.62. The van der Waals surface area contributed by atoms with Gasteiger partial charge >= 0.3 is 0 Å². The number of carbonyl (C=O) groups is 1. The summed E-state index contributed by atoms with van der Waals surface area (Å²) in [4.78, 5) is 11.3. The Morgan fingerprint density at radius 2 is 1.73 bits per heavy atom. The molecule has 1 unspecified atom stereocenters. The molecule has 0 aliphatic heterocycles. The molecule has 0 aromatic heterocycles. The number of hydrogen-bond acceptors (Lipinski definition) is 2. The molecule has 1 atom stereocenters. The van der Waals surface area contributed by atoms with E-state index in [1.165, 1.54) is 0 Å². The minimum Gasteiger partial charge on any atom is -0.353 e. The number of hydrogen-bond donors (Lipinski definition) is 2. The number of amides is 1. The molecule has 0 aromatic carbocycles. The molecule has 0 spiro atoms. The first-order valence-electron chi connectivity index (χ1n) is 5.73. The maximum Gasteiger partial charge on any atom is 0.234 e. The molecule has 0 aromatic rings. The molecule has 3 nitrogen and oxygen atoms in total. The van der Waals surface area contributed by atoms with Crippen molar-refractivity contribution in [1.29, 1.82) is 0 Å². The molecule has 0 saturated heterocycles. The van der Waals surface area contributed by atoms with Crippen LogP contribution in [0.3, 0.4) is 0 Å². The van der Waals surface area contributed by atoms with E-state index >= 15 is 0 Å².